The van der Waals surface area contributed by atoms with Crippen LogP contribution >= 0.6 is 0 Å². The Kier molecular flexibility index (Phi) is 6.61. The highest BCUT2D eigenvalue weighted by molar-refractivity contribution is 6.17. The smallest absolute Gasteiger partial charge is 0.189 e. The number of hydrogen-bond acceptors (Lipinski definition) is 1. The quantitative estimate of drug-likeness (QED) is 0.169. The molecule has 0 atom stereocenters. The third-order valence-electron chi connectivity index (χ3n) is 11.1. The highest BCUT2D eigenvalue weighted by Crippen LogP contribution is 2.43. The van der Waals surface area contributed by atoms with Gasteiger partial charge in [-0.05, 0) is 66.7 Å². The Hall–Kier alpha value is -7.86. The summed E-state index contributed by atoms with van der Waals surface area (Å²) in [6.45, 7) is 7.74. The molecule has 3 aromatic heterocycles. The first-order chi connectivity index (χ1) is 27.2. The first-order valence-corrected chi connectivity index (χ1v) is 18.3. The van der Waals surface area contributed by atoms with Crippen LogP contribution in [0.4, 0.5) is 5.69 Å². The van der Waals surface area contributed by atoms with E-state index in [1.165, 1.54) is 10.8 Å². The summed E-state index contributed by atoms with van der Waals surface area (Å²) in [4.78, 5) is 3.75. The number of para-hydroxylation sites is 5. The Morgan fingerprint density at radius 1 is 0.418 bits per heavy atom. The van der Waals surface area contributed by atoms with E-state index in [4.69, 9.17) is 6.57 Å². The lowest BCUT2D eigenvalue weighted by Crippen LogP contribution is -2.00. The van der Waals surface area contributed by atoms with Crippen LogP contribution in [0.1, 0.15) is 5.56 Å². The molecule has 5 nitrogen and oxygen atoms in total. The zero-order valence-electron chi connectivity index (χ0n) is 29.5. The normalized spacial score (nSPS) is 11.6. The van der Waals surface area contributed by atoms with E-state index in [2.05, 4.69) is 152 Å². The predicted molar refractivity (Wildman–Crippen MR) is 226 cm³/mol. The molecule has 8 aromatic carbocycles. The molecule has 0 aliphatic rings. The van der Waals surface area contributed by atoms with E-state index >= 15 is 0 Å². The molecule has 0 unspecified atom stereocenters. The molecule has 0 amide bonds. The molecule has 5 heteroatoms. The van der Waals surface area contributed by atoms with Gasteiger partial charge in [0.05, 0.1) is 57.2 Å². The summed E-state index contributed by atoms with van der Waals surface area (Å²) in [6, 6.07) is 63.7. The second kappa shape index (κ2) is 11.8. The van der Waals surface area contributed by atoms with Crippen LogP contribution in [-0.2, 0) is 0 Å². The van der Waals surface area contributed by atoms with Gasteiger partial charge < -0.3 is 13.7 Å². The Balaban J connectivity index is 1.19. The molecule has 0 spiro atoms. The number of benzene rings is 8. The summed E-state index contributed by atoms with van der Waals surface area (Å²) in [5, 5.41) is 17.6. The van der Waals surface area contributed by atoms with Crippen molar-refractivity contribution in [2.45, 2.75) is 0 Å². The molecule has 0 bridgehead atoms. The molecule has 0 fully saturated rings. The second-order valence-corrected chi connectivity index (χ2v) is 13.9. The third kappa shape index (κ3) is 4.39. The maximum Gasteiger partial charge on any atom is 0.189 e. The van der Waals surface area contributed by atoms with Crippen molar-refractivity contribution in [3.8, 4) is 34.3 Å². The zero-order chi connectivity index (χ0) is 36.6. The van der Waals surface area contributed by atoms with E-state index in [1.807, 2.05) is 48.5 Å². The van der Waals surface area contributed by atoms with Crippen LogP contribution in [0.25, 0.3) is 98.5 Å². The fourth-order valence-electron chi connectivity index (χ4n) is 8.82. The monoisotopic (exact) mass is 699 g/mol. The van der Waals surface area contributed by atoms with Gasteiger partial charge in [0.2, 0.25) is 0 Å². The highest BCUT2D eigenvalue weighted by atomic mass is 15.0. The van der Waals surface area contributed by atoms with Crippen molar-refractivity contribution in [3.63, 3.8) is 0 Å². The van der Waals surface area contributed by atoms with E-state index in [0.29, 0.717) is 11.3 Å². The molecule has 11 aromatic rings. The first-order valence-electron chi connectivity index (χ1n) is 18.3. The topological polar surface area (TPSA) is 42.9 Å². The van der Waals surface area contributed by atoms with Crippen LogP contribution in [0, 0.1) is 17.9 Å². The van der Waals surface area contributed by atoms with E-state index < -0.39 is 0 Å². The van der Waals surface area contributed by atoms with Crippen LogP contribution < -0.4 is 0 Å². The third-order valence-corrected chi connectivity index (χ3v) is 11.1. The maximum atomic E-state index is 10.6. The van der Waals surface area contributed by atoms with Crippen molar-refractivity contribution in [1.29, 1.82) is 5.26 Å². The number of nitriles is 1. The van der Waals surface area contributed by atoms with Crippen LogP contribution in [0.3, 0.4) is 0 Å². The average Bonchev–Trinajstić information content (AvgIpc) is 3.89. The van der Waals surface area contributed by atoms with Gasteiger partial charge in [-0.3, -0.25) is 0 Å². The standard InChI is InChI=1S/C50H29N5/c1-52-33-26-28-39-37-15-2-7-18-42(37)53(49(39)29-33)34-27-25-32(31-51)41(30-34)38-16-5-10-21-45(38)55-46-22-11-6-17-40(46)50-47(23-12-24-48(50)55)54-43-19-8-3-13-35(43)36-14-4-9-20-44(36)54/h2-30H. The number of hydrogen-bond donors (Lipinski definition) is 0. The van der Waals surface area contributed by atoms with Crippen LogP contribution in [0.5, 0.6) is 0 Å². The van der Waals surface area contributed by atoms with E-state index in [0.717, 1.165) is 82.8 Å². The minimum atomic E-state index is 0.586. The molecule has 11 rings (SSSR count). The Morgan fingerprint density at radius 3 is 1.62 bits per heavy atom. The average molecular weight is 700 g/mol. The lowest BCUT2D eigenvalue weighted by atomic mass is 9.97. The van der Waals surface area contributed by atoms with Gasteiger partial charge in [-0.25, -0.2) is 4.85 Å². The van der Waals surface area contributed by atoms with Crippen LogP contribution in [0.15, 0.2) is 176 Å². The summed E-state index contributed by atoms with van der Waals surface area (Å²) in [5.41, 5.74) is 12.5. The summed E-state index contributed by atoms with van der Waals surface area (Å²) >= 11 is 0. The summed E-state index contributed by atoms with van der Waals surface area (Å²) < 4.78 is 6.97. The van der Waals surface area contributed by atoms with E-state index in [1.54, 1.807) is 0 Å². The lowest BCUT2D eigenvalue weighted by molar-refractivity contribution is 1.16. The molecule has 0 N–H and O–H groups in total. The summed E-state index contributed by atoms with van der Waals surface area (Å²) in [6.07, 6.45) is 0. The lowest BCUT2D eigenvalue weighted by Gasteiger charge is -2.17. The van der Waals surface area contributed by atoms with Gasteiger partial charge in [0, 0.05) is 54.6 Å². The molecular weight excluding hydrogens is 671 g/mol. The number of aromatic nitrogens is 3. The summed E-state index contributed by atoms with van der Waals surface area (Å²) in [5.74, 6) is 0. The van der Waals surface area contributed by atoms with Gasteiger partial charge in [-0.2, -0.15) is 5.26 Å². The zero-order valence-corrected chi connectivity index (χ0v) is 29.5. The highest BCUT2D eigenvalue weighted by Gasteiger charge is 2.22. The van der Waals surface area contributed by atoms with Gasteiger partial charge in [-0.15, -0.1) is 0 Å². The fourth-order valence-corrected chi connectivity index (χ4v) is 8.82. The van der Waals surface area contributed by atoms with E-state index in [9.17, 15) is 5.26 Å². The van der Waals surface area contributed by atoms with Gasteiger partial charge >= 0.3 is 0 Å². The molecule has 0 aliphatic carbocycles. The van der Waals surface area contributed by atoms with Crippen molar-refractivity contribution in [1.82, 2.24) is 13.7 Å². The van der Waals surface area contributed by atoms with Crippen molar-refractivity contribution < 1.29 is 0 Å². The molecule has 0 saturated heterocycles. The number of fused-ring (bicyclic) bond motifs is 9. The van der Waals surface area contributed by atoms with Crippen LogP contribution in [-0.4, -0.2) is 13.7 Å². The van der Waals surface area contributed by atoms with Gasteiger partial charge in [-0.1, -0.05) is 109 Å². The maximum absolute atomic E-state index is 10.6. The first kappa shape index (κ1) is 30.7. The van der Waals surface area contributed by atoms with E-state index in [-0.39, 0.29) is 0 Å². The number of nitrogens with zero attached hydrogens (tertiary/aromatic N) is 5. The molecule has 0 radical (unpaired) electrons. The molecule has 55 heavy (non-hydrogen) atoms. The Labute approximate surface area is 316 Å². The molecule has 254 valence electrons. The van der Waals surface area contributed by atoms with Crippen molar-refractivity contribution in [2.75, 3.05) is 0 Å². The van der Waals surface area contributed by atoms with Crippen molar-refractivity contribution in [2.24, 2.45) is 0 Å². The van der Waals surface area contributed by atoms with Gasteiger partial charge in [0.15, 0.2) is 5.69 Å². The number of rotatable bonds is 4. The SMILES string of the molecule is [C-]#[N+]c1ccc2c3ccccc3n(-c3ccc(C#N)c(-c4ccccc4-n4c5ccccc5c5c(-n6c7ccccc7c7ccccc76)cccc54)c3)c2c1. The minimum absolute atomic E-state index is 0.586. The van der Waals surface area contributed by atoms with Gasteiger partial charge in [0.25, 0.3) is 0 Å². The predicted octanol–water partition coefficient (Wildman–Crippen LogP) is 13.1. The van der Waals surface area contributed by atoms with Crippen molar-refractivity contribution in [3.05, 3.63) is 193 Å². The summed E-state index contributed by atoms with van der Waals surface area (Å²) in [7, 11) is 0. The van der Waals surface area contributed by atoms with Crippen LogP contribution in [0.2, 0.25) is 0 Å². The Morgan fingerprint density at radius 2 is 0.945 bits per heavy atom. The molecule has 3 heterocycles. The van der Waals surface area contributed by atoms with Crippen molar-refractivity contribution >= 4 is 71.1 Å². The molecule has 0 saturated carbocycles. The largest absolute Gasteiger partial charge is 0.310 e. The molecule has 0 aliphatic heterocycles. The fraction of sp³-hybridized carbons (Fsp3) is 0. The van der Waals surface area contributed by atoms with Gasteiger partial charge in [0.1, 0.15) is 0 Å². The Bertz CT molecular complexity index is 3420. The minimum Gasteiger partial charge on any atom is -0.310 e. The second-order valence-electron chi connectivity index (χ2n) is 13.9. The molecular formula is C50H29N5.